The van der Waals surface area contributed by atoms with Gasteiger partial charge in [0.15, 0.2) is 5.16 Å². The Morgan fingerprint density at radius 2 is 1.86 bits per heavy atom. The number of benzene rings is 2. The molecule has 1 amide bonds. The summed E-state index contributed by atoms with van der Waals surface area (Å²) in [6.07, 6.45) is 0. The molecular weight excluding hydrogens is 341 g/mol. The number of aromatic nitrogens is 2. The highest BCUT2D eigenvalue weighted by Gasteiger charge is 2.11. The van der Waals surface area contributed by atoms with Crippen LogP contribution in [0.2, 0.25) is 10.0 Å². The Kier molecular flexibility index (Phi) is 4.57. The zero-order valence-electron chi connectivity index (χ0n) is 11.3. The fraction of sp³-hybridized carbons (Fsp3) is 0.0667. The number of carbonyl (C=O) groups excluding carboxylic acids is 1. The molecule has 112 valence electrons. The van der Waals surface area contributed by atoms with Crippen LogP contribution in [-0.2, 0) is 4.79 Å². The number of hydrogen-bond donors (Lipinski definition) is 2. The van der Waals surface area contributed by atoms with Crippen LogP contribution in [0, 0.1) is 0 Å². The van der Waals surface area contributed by atoms with Crippen molar-refractivity contribution < 1.29 is 4.79 Å². The van der Waals surface area contributed by atoms with Crippen LogP contribution in [0.5, 0.6) is 0 Å². The third-order valence-corrected chi connectivity index (χ3v) is 4.44. The van der Waals surface area contributed by atoms with Crippen LogP contribution < -0.4 is 5.32 Å². The number of para-hydroxylation sites is 3. The topological polar surface area (TPSA) is 57.8 Å². The average molecular weight is 352 g/mol. The molecule has 0 atom stereocenters. The summed E-state index contributed by atoms with van der Waals surface area (Å²) in [6.45, 7) is 0. The van der Waals surface area contributed by atoms with Crippen LogP contribution in [0.3, 0.4) is 0 Å². The number of carbonyl (C=O) groups is 1. The lowest BCUT2D eigenvalue weighted by atomic mass is 10.3. The number of H-pyrrole nitrogens is 1. The van der Waals surface area contributed by atoms with Gasteiger partial charge in [-0.05, 0) is 24.3 Å². The maximum Gasteiger partial charge on any atom is 0.234 e. The highest BCUT2D eigenvalue weighted by atomic mass is 35.5. The molecule has 0 bridgehead atoms. The lowest BCUT2D eigenvalue weighted by Gasteiger charge is -2.08. The van der Waals surface area contributed by atoms with Crippen molar-refractivity contribution in [2.24, 2.45) is 0 Å². The summed E-state index contributed by atoms with van der Waals surface area (Å²) < 4.78 is 0. The SMILES string of the molecule is O=C(CSc1nc2ccccc2[nH]1)Nc1c(Cl)cccc1Cl. The van der Waals surface area contributed by atoms with E-state index in [0.29, 0.717) is 20.9 Å². The van der Waals surface area contributed by atoms with Gasteiger partial charge in [0.05, 0.1) is 32.5 Å². The Morgan fingerprint density at radius 3 is 2.59 bits per heavy atom. The van der Waals surface area contributed by atoms with Crippen molar-refractivity contribution in [3.8, 4) is 0 Å². The van der Waals surface area contributed by atoms with Gasteiger partial charge in [0.1, 0.15) is 0 Å². The van der Waals surface area contributed by atoms with Crippen LogP contribution in [0.25, 0.3) is 11.0 Å². The molecule has 0 spiro atoms. The van der Waals surface area contributed by atoms with Crippen LogP contribution >= 0.6 is 35.0 Å². The van der Waals surface area contributed by atoms with E-state index in [9.17, 15) is 4.79 Å². The van der Waals surface area contributed by atoms with Gasteiger partial charge in [-0.3, -0.25) is 4.79 Å². The van der Waals surface area contributed by atoms with Gasteiger partial charge in [0.2, 0.25) is 5.91 Å². The van der Waals surface area contributed by atoms with E-state index in [2.05, 4.69) is 15.3 Å². The van der Waals surface area contributed by atoms with Crippen molar-refractivity contribution in [2.45, 2.75) is 5.16 Å². The summed E-state index contributed by atoms with van der Waals surface area (Å²) in [7, 11) is 0. The number of anilines is 1. The molecule has 7 heteroatoms. The Morgan fingerprint density at radius 1 is 1.14 bits per heavy atom. The van der Waals surface area contributed by atoms with Crippen molar-refractivity contribution >= 4 is 57.6 Å². The first-order chi connectivity index (χ1) is 10.6. The highest BCUT2D eigenvalue weighted by molar-refractivity contribution is 7.99. The smallest absolute Gasteiger partial charge is 0.234 e. The molecule has 0 fully saturated rings. The predicted octanol–water partition coefficient (Wildman–Crippen LogP) is 4.60. The minimum absolute atomic E-state index is 0.194. The monoisotopic (exact) mass is 351 g/mol. The zero-order chi connectivity index (χ0) is 15.5. The normalized spacial score (nSPS) is 10.8. The molecule has 0 unspecified atom stereocenters. The Labute approximate surface area is 141 Å². The highest BCUT2D eigenvalue weighted by Crippen LogP contribution is 2.30. The molecule has 1 heterocycles. The second-order valence-electron chi connectivity index (χ2n) is 4.49. The fourth-order valence-electron chi connectivity index (χ4n) is 1.92. The van der Waals surface area contributed by atoms with Gasteiger partial charge < -0.3 is 10.3 Å². The van der Waals surface area contributed by atoms with Gasteiger partial charge >= 0.3 is 0 Å². The molecule has 1 aromatic heterocycles. The molecule has 0 saturated heterocycles. The van der Waals surface area contributed by atoms with E-state index in [0.717, 1.165) is 11.0 Å². The number of rotatable bonds is 4. The van der Waals surface area contributed by atoms with Crippen molar-refractivity contribution in [2.75, 3.05) is 11.1 Å². The molecule has 0 radical (unpaired) electrons. The Bertz CT molecular complexity index is 781. The second kappa shape index (κ2) is 6.60. The number of nitrogens with zero attached hydrogens (tertiary/aromatic N) is 1. The van der Waals surface area contributed by atoms with Crippen LogP contribution in [0.4, 0.5) is 5.69 Å². The van der Waals surface area contributed by atoms with E-state index in [4.69, 9.17) is 23.2 Å². The van der Waals surface area contributed by atoms with Gasteiger partial charge in [-0.15, -0.1) is 0 Å². The summed E-state index contributed by atoms with van der Waals surface area (Å²) >= 11 is 13.4. The lowest BCUT2D eigenvalue weighted by Crippen LogP contribution is -2.14. The predicted molar refractivity (Wildman–Crippen MR) is 91.9 cm³/mol. The number of amides is 1. The standard InChI is InChI=1S/C15H11Cl2N3OS/c16-9-4-3-5-10(17)14(9)20-13(21)8-22-15-18-11-6-1-2-7-12(11)19-15/h1-7H,8H2,(H,18,19)(H,20,21). The van der Waals surface area contributed by atoms with E-state index in [1.807, 2.05) is 24.3 Å². The number of aromatic amines is 1. The Hall–Kier alpha value is -1.69. The van der Waals surface area contributed by atoms with Crippen molar-refractivity contribution in [1.29, 1.82) is 0 Å². The number of fused-ring (bicyclic) bond motifs is 1. The molecule has 0 aliphatic rings. The van der Waals surface area contributed by atoms with Crippen molar-refractivity contribution in [3.05, 3.63) is 52.5 Å². The third kappa shape index (κ3) is 3.38. The first kappa shape index (κ1) is 15.2. The summed E-state index contributed by atoms with van der Waals surface area (Å²) in [5, 5.41) is 4.24. The maximum atomic E-state index is 12.0. The number of imidazole rings is 1. The average Bonchev–Trinajstić information content (AvgIpc) is 2.92. The van der Waals surface area contributed by atoms with Crippen LogP contribution in [0.15, 0.2) is 47.6 Å². The summed E-state index contributed by atoms with van der Waals surface area (Å²) in [4.78, 5) is 19.6. The van der Waals surface area contributed by atoms with Crippen LogP contribution in [0.1, 0.15) is 0 Å². The van der Waals surface area contributed by atoms with E-state index in [1.165, 1.54) is 11.8 Å². The zero-order valence-corrected chi connectivity index (χ0v) is 13.6. The van der Waals surface area contributed by atoms with E-state index < -0.39 is 0 Å². The molecule has 3 aromatic rings. The lowest BCUT2D eigenvalue weighted by molar-refractivity contribution is -0.113. The minimum Gasteiger partial charge on any atom is -0.333 e. The van der Waals surface area contributed by atoms with E-state index >= 15 is 0 Å². The largest absolute Gasteiger partial charge is 0.333 e. The maximum absolute atomic E-state index is 12.0. The summed E-state index contributed by atoms with van der Waals surface area (Å²) in [5.74, 6) is 0.0157. The molecule has 0 aliphatic carbocycles. The number of halogens is 2. The number of thioether (sulfide) groups is 1. The first-order valence-electron chi connectivity index (χ1n) is 6.45. The molecule has 22 heavy (non-hydrogen) atoms. The van der Waals surface area contributed by atoms with Crippen LogP contribution in [-0.4, -0.2) is 21.6 Å². The second-order valence-corrected chi connectivity index (χ2v) is 6.27. The molecule has 4 nitrogen and oxygen atoms in total. The number of hydrogen-bond acceptors (Lipinski definition) is 3. The molecule has 0 saturated carbocycles. The quantitative estimate of drug-likeness (QED) is 0.675. The minimum atomic E-state index is -0.194. The Balaban J connectivity index is 1.65. The summed E-state index contributed by atoms with van der Waals surface area (Å²) in [6, 6.07) is 12.8. The van der Waals surface area contributed by atoms with Crippen molar-refractivity contribution in [3.63, 3.8) is 0 Å². The first-order valence-corrected chi connectivity index (χ1v) is 8.19. The summed E-state index contributed by atoms with van der Waals surface area (Å²) in [5.41, 5.74) is 2.25. The van der Waals surface area contributed by atoms with E-state index in [1.54, 1.807) is 18.2 Å². The van der Waals surface area contributed by atoms with Crippen molar-refractivity contribution in [1.82, 2.24) is 9.97 Å². The van der Waals surface area contributed by atoms with Gasteiger partial charge in [-0.1, -0.05) is 53.2 Å². The third-order valence-electron chi connectivity index (χ3n) is 2.93. The van der Waals surface area contributed by atoms with Gasteiger partial charge in [0, 0.05) is 0 Å². The van der Waals surface area contributed by atoms with E-state index in [-0.39, 0.29) is 11.7 Å². The van der Waals surface area contributed by atoms with Gasteiger partial charge in [-0.25, -0.2) is 4.98 Å². The fourth-order valence-corrected chi connectivity index (χ4v) is 3.10. The molecule has 0 aliphatic heterocycles. The van der Waals surface area contributed by atoms with Gasteiger partial charge in [0.25, 0.3) is 0 Å². The molecule has 3 rings (SSSR count). The van der Waals surface area contributed by atoms with Gasteiger partial charge in [-0.2, -0.15) is 0 Å². The molecular formula is C15H11Cl2N3OS. The number of nitrogens with one attached hydrogen (secondary N) is 2. The molecule has 2 aromatic carbocycles. The molecule has 2 N–H and O–H groups in total.